The summed E-state index contributed by atoms with van der Waals surface area (Å²) < 4.78 is 15.8. The fourth-order valence-corrected chi connectivity index (χ4v) is 3.21. The van der Waals surface area contributed by atoms with Gasteiger partial charge in [-0.15, -0.1) is 0 Å². The second-order valence-electron chi connectivity index (χ2n) is 9.65. The molecule has 0 radical (unpaired) electrons. The largest absolute Gasteiger partial charge is 0.463 e. The number of benzene rings is 1. The lowest BCUT2D eigenvalue weighted by Crippen LogP contribution is -2.44. The number of hydrogen-bond donors (Lipinski definition) is 2. The van der Waals surface area contributed by atoms with E-state index in [0.29, 0.717) is 32.4 Å². The molecule has 0 aliphatic heterocycles. The number of nitrogens with one attached hydrogen (secondary N) is 2. The fourth-order valence-electron chi connectivity index (χ4n) is 2.63. The Labute approximate surface area is 199 Å². The van der Waals surface area contributed by atoms with Gasteiger partial charge in [-0.25, -0.2) is 24.4 Å². The van der Waals surface area contributed by atoms with Crippen molar-refractivity contribution in [2.45, 2.75) is 58.3 Å². The maximum Gasteiger partial charge on any atom is 0.408 e. The van der Waals surface area contributed by atoms with Gasteiger partial charge in [0.1, 0.15) is 18.2 Å². The van der Waals surface area contributed by atoms with Crippen LogP contribution in [0.1, 0.15) is 45.6 Å². The Morgan fingerprint density at radius 3 is 2.24 bits per heavy atom. The van der Waals surface area contributed by atoms with Crippen LogP contribution < -0.4 is 10.6 Å². The molecular weight excluding hydrogens is 444 g/mol. The summed E-state index contributed by atoms with van der Waals surface area (Å²) in [5, 5.41) is 5.31. The summed E-state index contributed by atoms with van der Waals surface area (Å²) in [6.07, 6.45) is 6.88. The molecule has 0 saturated heterocycles. The lowest BCUT2D eigenvalue weighted by Gasteiger charge is -2.26. The van der Waals surface area contributed by atoms with Crippen molar-refractivity contribution < 1.29 is 28.6 Å². The number of ether oxygens (including phenoxy) is 3. The van der Waals surface area contributed by atoms with E-state index in [1.165, 1.54) is 0 Å². The molecule has 0 fully saturated rings. The maximum absolute atomic E-state index is 12.5. The van der Waals surface area contributed by atoms with Crippen molar-refractivity contribution in [2.24, 2.45) is 0 Å². The Hall–Kier alpha value is -2.42. The van der Waals surface area contributed by atoms with Crippen LogP contribution in [0.25, 0.3) is 0 Å². The van der Waals surface area contributed by atoms with Gasteiger partial charge in [0.05, 0.1) is 6.61 Å². The van der Waals surface area contributed by atoms with Crippen molar-refractivity contribution in [1.82, 2.24) is 10.6 Å². The van der Waals surface area contributed by atoms with E-state index in [-0.39, 0.29) is 6.61 Å². The first kappa shape index (κ1) is 28.6. The van der Waals surface area contributed by atoms with Crippen molar-refractivity contribution in [3.05, 3.63) is 35.9 Å². The van der Waals surface area contributed by atoms with Crippen LogP contribution in [0.4, 0.5) is 9.59 Å². The average Bonchev–Trinajstić information content (AvgIpc) is 2.69. The maximum atomic E-state index is 12.5. The monoisotopic (exact) mass is 484 g/mol. The lowest BCUT2D eigenvalue weighted by molar-refractivity contribution is -0.145. The average molecular weight is 485 g/mol. The number of carbonyl (C=O) groups excluding carboxylic acids is 3. The fraction of sp³-hybridized carbons (Fsp3) is 0.625. The second kappa shape index (κ2) is 14.0. The standard InChI is InChI=1S/C24H40N2O6S/c1-24(2,3)32-23(29)26-20(21(27)30-16-17-33(4,5)6)14-10-11-15-25-22(28)31-18-19-12-8-7-9-13-19/h7-9,12-13,20H,10-11,14-18H2,1-6H3,(H,25,28)(H,26,29)/t20-/m0/s1. The zero-order chi connectivity index (χ0) is 24.9. The number of alkyl carbamates (subject to hydrolysis) is 2. The van der Waals surface area contributed by atoms with Gasteiger partial charge in [-0.2, -0.15) is 0 Å². The van der Waals surface area contributed by atoms with Gasteiger partial charge < -0.3 is 24.8 Å². The topological polar surface area (TPSA) is 103 Å². The molecular formula is C24H40N2O6S. The highest BCUT2D eigenvalue weighted by atomic mass is 32.3. The number of hydrogen-bond acceptors (Lipinski definition) is 6. The Morgan fingerprint density at radius 1 is 0.970 bits per heavy atom. The number of esters is 1. The zero-order valence-corrected chi connectivity index (χ0v) is 21.6. The summed E-state index contributed by atoms with van der Waals surface area (Å²) in [7, 11) is -0.789. The van der Waals surface area contributed by atoms with E-state index in [0.717, 1.165) is 11.3 Å². The van der Waals surface area contributed by atoms with E-state index in [1.54, 1.807) is 20.8 Å². The van der Waals surface area contributed by atoms with E-state index in [9.17, 15) is 14.4 Å². The Balaban J connectivity index is 2.42. The molecule has 0 bridgehead atoms. The minimum atomic E-state index is -0.806. The normalized spacial score (nSPS) is 12.9. The molecule has 2 N–H and O–H groups in total. The molecule has 2 amide bonds. The van der Waals surface area contributed by atoms with Gasteiger partial charge >= 0.3 is 18.2 Å². The molecule has 0 aliphatic rings. The van der Waals surface area contributed by atoms with E-state index in [1.807, 2.05) is 30.3 Å². The van der Waals surface area contributed by atoms with E-state index in [2.05, 4.69) is 29.4 Å². The predicted molar refractivity (Wildman–Crippen MR) is 133 cm³/mol. The summed E-state index contributed by atoms with van der Waals surface area (Å²) in [5.74, 6) is 0.326. The zero-order valence-electron chi connectivity index (χ0n) is 20.8. The van der Waals surface area contributed by atoms with Crippen molar-refractivity contribution in [3.63, 3.8) is 0 Å². The molecule has 0 heterocycles. The van der Waals surface area contributed by atoms with Gasteiger partial charge in [0, 0.05) is 12.3 Å². The predicted octanol–water partition coefficient (Wildman–Crippen LogP) is 4.21. The Bertz CT molecular complexity index is 744. The first-order chi connectivity index (χ1) is 15.4. The van der Waals surface area contributed by atoms with Gasteiger partial charge in [-0.1, -0.05) is 30.3 Å². The van der Waals surface area contributed by atoms with Crippen LogP contribution in [-0.2, 0) is 25.6 Å². The highest BCUT2D eigenvalue weighted by molar-refractivity contribution is 8.32. The number of unbranched alkanes of at least 4 members (excludes halogenated alkanes) is 1. The molecule has 1 aromatic carbocycles. The third-order valence-corrected chi connectivity index (χ3v) is 5.71. The molecule has 0 aromatic heterocycles. The van der Waals surface area contributed by atoms with Crippen molar-refractivity contribution >= 4 is 28.2 Å². The highest BCUT2D eigenvalue weighted by Gasteiger charge is 2.25. The van der Waals surface area contributed by atoms with Gasteiger partial charge in [-0.3, -0.25) is 0 Å². The molecule has 0 unspecified atom stereocenters. The van der Waals surface area contributed by atoms with Crippen LogP contribution in [0, 0.1) is 0 Å². The van der Waals surface area contributed by atoms with Gasteiger partial charge in [0.25, 0.3) is 0 Å². The summed E-state index contributed by atoms with van der Waals surface area (Å²) in [6, 6.07) is 8.62. The van der Waals surface area contributed by atoms with Gasteiger partial charge in [0.2, 0.25) is 0 Å². The van der Waals surface area contributed by atoms with Crippen LogP contribution in [0.2, 0.25) is 0 Å². The summed E-state index contributed by atoms with van der Waals surface area (Å²) >= 11 is 0. The molecule has 0 spiro atoms. The second-order valence-corrected chi connectivity index (χ2v) is 14.2. The van der Waals surface area contributed by atoms with Crippen LogP contribution in [-0.4, -0.2) is 67.5 Å². The van der Waals surface area contributed by atoms with Crippen molar-refractivity contribution in [1.29, 1.82) is 0 Å². The third-order valence-electron chi connectivity index (χ3n) is 4.32. The minimum Gasteiger partial charge on any atom is -0.463 e. The molecule has 188 valence electrons. The molecule has 8 nitrogen and oxygen atoms in total. The number of amides is 2. The van der Waals surface area contributed by atoms with Gasteiger partial charge in [0.15, 0.2) is 0 Å². The first-order valence-electron chi connectivity index (χ1n) is 11.1. The van der Waals surface area contributed by atoms with Crippen LogP contribution in [0.15, 0.2) is 30.3 Å². The smallest absolute Gasteiger partial charge is 0.408 e. The van der Waals surface area contributed by atoms with E-state index in [4.69, 9.17) is 14.2 Å². The van der Waals surface area contributed by atoms with Crippen LogP contribution >= 0.6 is 10.0 Å². The molecule has 33 heavy (non-hydrogen) atoms. The molecule has 0 saturated carbocycles. The highest BCUT2D eigenvalue weighted by Crippen LogP contribution is 2.33. The lowest BCUT2D eigenvalue weighted by atomic mass is 10.1. The van der Waals surface area contributed by atoms with E-state index < -0.39 is 39.8 Å². The molecule has 1 aromatic rings. The molecule has 9 heteroatoms. The van der Waals surface area contributed by atoms with Crippen LogP contribution in [0.3, 0.4) is 0 Å². The van der Waals surface area contributed by atoms with Crippen molar-refractivity contribution in [2.75, 3.05) is 37.7 Å². The van der Waals surface area contributed by atoms with E-state index >= 15 is 0 Å². The number of rotatable bonds is 12. The summed E-state index contributed by atoms with van der Waals surface area (Å²) in [5.41, 5.74) is 0.244. The van der Waals surface area contributed by atoms with Crippen LogP contribution in [0.5, 0.6) is 0 Å². The van der Waals surface area contributed by atoms with Crippen molar-refractivity contribution in [3.8, 4) is 0 Å². The Morgan fingerprint density at radius 2 is 1.64 bits per heavy atom. The molecule has 1 rings (SSSR count). The minimum absolute atomic E-state index is 0.205. The number of carbonyl (C=O) groups is 3. The third kappa shape index (κ3) is 15.1. The van der Waals surface area contributed by atoms with Gasteiger partial charge in [-0.05, 0) is 64.4 Å². The molecule has 0 aliphatic carbocycles. The Kier molecular flexibility index (Phi) is 12.1. The first-order valence-corrected chi connectivity index (χ1v) is 14.1. The quantitative estimate of drug-likeness (QED) is 0.262. The summed E-state index contributed by atoms with van der Waals surface area (Å²) in [6.45, 7) is 6.20. The molecule has 1 atom stereocenters. The SMILES string of the molecule is CC(C)(C)OC(=O)N[C@@H](CCCCNC(=O)OCc1ccccc1)C(=O)OCCS(C)(C)C. The summed E-state index contributed by atoms with van der Waals surface area (Å²) in [4.78, 5) is 36.5.